The monoisotopic (exact) mass is 396 g/mol. The Bertz CT molecular complexity index is 1010. The number of rotatable bonds is 2. The first-order chi connectivity index (χ1) is 13.7. The van der Waals surface area contributed by atoms with E-state index in [0.717, 1.165) is 54.1 Å². The van der Waals surface area contributed by atoms with Crippen molar-refractivity contribution in [2.24, 2.45) is 5.73 Å². The van der Waals surface area contributed by atoms with Gasteiger partial charge in [-0.05, 0) is 64.0 Å². The van der Waals surface area contributed by atoms with Gasteiger partial charge in [0, 0.05) is 35.9 Å². The maximum Gasteiger partial charge on any atom is 0.410 e. The second-order valence-corrected chi connectivity index (χ2v) is 8.84. The molecule has 1 aliphatic carbocycles. The fourth-order valence-electron chi connectivity index (χ4n) is 4.27. The molecule has 2 aliphatic rings. The first-order valence-corrected chi connectivity index (χ1v) is 10.2. The van der Waals surface area contributed by atoms with Crippen LogP contribution in [0.2, 0.25) is 0 Å². The molecule has 2 amide bonds. The Kier molecular flexibility index (Phi) is 4.84. The molecule has 29 heavy (non-hydrogen) atoms. The largest absolute Gasteiger partial charge is 0.444 e. The maximum atomic E-state index is 12.6. The number of hydrogen-bond acceptors (Lipinski definition) is 4. The highest BCUT2D eigenvalue weighted by Gasteiger charge is 2.28. The number of carbonyl (C=O) groups excluding carboxylic acids is 2. The van der Waals surface area contributed by atoms with Gasteiger partial charge in [-0.25, -0.2) is 9.78 Å². The lowest BCUT2D eigenvalue weighted by atomic mass is 9.91. The van der Waals surface area contributed by atoms with Crippen molar-refractivity contribution in [1.82, 2.24) is 14.9 Å². The van der Waals surface area contributed by atoms with Crippen molar-refractivity contribution in [3.8, 4) is 0 Å². The topological polar surface area (TPSA) is 101 Å². The highest BCUT2D eigenvalue weighted by Crippen LogP contribution is 2.36. The lowest BCUT2D eigenvalue weighted by molar-refractivity contribution is 0.0273. The van der Waals surface area contributed by atoms with E-state index in [4.69, 9.17) is 10.5 Å². The molecule has 0 bridgehead atoms. The van der Waals surface area contributed by atoms with Crippen molar-refractivity contribution in [1.29, 1.82) is 0 Å². The van der Waals surface area contributed by atoms with Crippen molar-refractivity contribution >= 4 is 28.5 Å². The summed E-state index contributed by atoms with van der Waals surface area (Å²) in [4.78, 5) is 34.0. The molecule has 7 heteroatoms. The number of nitrogens with zero attached hydrogens (tertiary/aromatic N) is 2. The molecule has 4 rings (SSSR count). The van der Waals surface area contributed by atoms with E-state index < -0.39 is 11.5 Å². The average molecular weight is 396 g/mol. The number of nitrogens with two attached hydrogens (primary N) is 1. The minimum atomic E-state index is -0.534. The van der Waals surface area contributed by atoms with Gasteiger partial charge in [0.15, 0.2) is 5.69 Å². The minimum absolute atomic E-state index is 0.276. The Balaban J connectivity index is 1.75. The van der Waals surface area contributed by atoms with Gasteiger partial charge in [-0.1, -0.05) is 6.08 Å². The van der Waals surface area contributed by atoms with Crippen LogP contribution in [0.1, 0.15) is 67.3 Å². The van der Waals surface area contributed by atoms with Crippen LogP contribution in [-0.4, -0.2) is 45.6 Å². The highest BCUT2D eigenvalue weighted by atomic mass is 16.6. The number of pyridine rings is 1. The van der Waals surface area contributed by atoms with Gasteiger partial charge in [0.25, 0.3) is 5.91 Å². The molecule has 0 aromatic carbocycles. The van der Waals surface area contributed by atoms with Gasteiger partial charge in [0.2, 0.25) is 0 Å². The molecule has 0 atom stereocenters. The van der Waals surface area contributed by atoms with Gasteiger partial charge in [0.1, 0.15) is 5.60 Å². The summed E-state index contributed by atoms with van der Waals surface area (Å²) in [6.45, 7) is 6.69. The molecule has 0 saturated carbocycles. The van der Waals surface area contributed by atoms with E-state index in [1.807, 2.05) is 20.8 Å². The Morgan fingerprint density at radius 1 is 1.24 bits per heavy atom. The van der Waals surface area contributed by atoms with E-state index in [0.29, 0.717) is 13.1 Å². The van der Waals surface area contributed by atoms with Crippen LogP contribution in [0.15, 0.2) is 12.3 Å². The summed E-state index contributed by atoms with van der Waals surface area (Å²) in [6, 6.07) is 0. The first kappa shape index (κ1) is 19.5. The second-order valence-electron chi connectivity index (χ2n) is 8.84. The predicted molar refractivity (Wildman–Crippen MR) is 112 cm³/mol. The number of aryl methyl sites for hydroxylation is 2. The van der Waals surface area contributed by atoms with Gasteiger partial charge in [-0.15, -0.1) is 0 Å². The van der Waals surface area contributed by atoms with Gasteiger partial charge >= 0.3 is 6.09 Å². The lowest BCUT2D eigenvalue weighted by Gasteiger charge is -2.30. The molecule has 154 valence electrons. The number of nitrogens with one attached hydrogen (secondary N) is 1. The Morgan fingerprint density at radius 2 is 2.00 bits per heavy atom. The number of amides is 2. The maximum absolute atomic E-state index is 12.6. The molecule has 3 heterocycles. The SMILES string of the molecule is CC(C)(C)OC(=O)N1CCC=C(c2cnc(C(N)=O)c3[nH]c4c(c23)CCCC4)C1. The first-order valence-electron chi connectivity index (χ1n) is 10.2. The third kappa shape index (κ3) is 3.73. The molecule has 0 saturated heterocycles. The fourth-order valence-corrected chi connectivity index (χ4v) is 4.27. The second kappa shape index (κ2) is 7.21. The molecule has 0 fully saturated rings. The summed E-state index contributed by atoms with van der Waals surface area (Å²) in [7, 11) is 0. The predicted octanol–water partition coefficient (Wildman–Crippen LogP) is 3.56. The fraction of sp³-hybridized carbons (Fsp3) is 0.500. The Labute approximate surface area is 170 Å². The molecule has 0 spiro atoms. The highest BCUT2D eigenvalue weighted by molar-refractivity contribution is 6.07. The molecular weight excluding hydrogens is 368 g/mol. The number of aromatic amines is 1. The molecule has 2 aromatic rings. The molecule has 2 aromatic heterocycles. The quantitative estimate of drug-likeness (QED) is 0.810. The Morgan fingerprint density at radius 3 is 2.72 bits per heavy atom. The standard InChI is InChI=1S/C22H28N4O3/c1-22(2,3)29-21(28)26-10-6-7-13(12-26)15-11-24-19(20(23)27)18-17(15)14-8-4-5-9-16(14)25-18/h7,11,25H,4-6,8-10,12H2,1-3H3,(H2,23,27). The van der Waals surface area contributed by atoms with E-state index in [-0.39, 0.29) is 11.8 Å². The van der Waals surface area contributed by atoms with E-state index >= 15 is 0 Å². The summed E-state index contributed by atoms with van der Waals surface area (Å²) in [5.74, 6) is -0.534. The summed E-state index contributed by atoms with van der Waals surface area (Å²) >= 11 is 0. The van der Waals surface area contributed by atoms with Crippen LogP contribution in [0.4, 0.5) is 4.79 Å². The molecular formula is C22H28N4O3. The summed E-state index contributed by atoms with van der Waals surface area (Å²) in [6.07, 6.45) is 8.51. The zero-order valence-electron chi connectivity index (χ0n) is 17.3. The lowest BCUT2D eigenvalue weighted by Crippen LogP contribution is -2.39. The molecule has 7 nitrogen and oxygen atoms in total. The van der Waals surface area contributed by atoms with Crippen LogP contribution in [-0.2, 0) is 17.6 Å². The molecule has 3 N–H and O–H groups in total. The average Bonchev–Trinajstić information content (AvgIpc) is 3.05. The van der Waals surface area contributed by atoms with Gasteiger partial charge < -0.3 is 20.4 Å². The Hall–Kier alpha value is -2.83. The van der Waals surface area contributed by atoms with Crippen LogP contribution < -0.4 is 5.73 Å². The third-order valence-electron chi connectivity index (χ3n) is 5.51. The number of hydrogen-bond donors (Lipinski definition) is 2. The van der Waals surface area contributed by atoms with E-state index in [9.17, 15) is 9.59 Å². The van der Waals surface area contributed by atoms with Gasteiger partial charge in [0.05, 0.1) is 5.52 Å². The zero-order valence-corrected chi connectivity index (χ0v) is 17.3. The number of aromatic nitrogens is 2. The van der Waals surface area contributed by atoms with E-state index in [1.54, 1.807) is 11.1 Å². The number of primary amides is 1. The van der Waals surface area contributed by atoms with Crippen LogP contribution in [0.5, 0.6) is 0 Å². The number of H-pyrrole nitrogens is 1. The normalized spacial score (nSPS) is 17.1. The van der Waals surface area contributed by atoms with Crippen LogP contribution in [0.3, 0.4) is 0 Å². The van der Waals surface area contributed by atoms with Crippen molar-refractivity contribution in [2.45, 2.75) is 58.5 Å². The molecule has 0 unspecified atom stereocenters. The van der Waals surface area contributed by atoms with Crippen LogP contribution >= 0.6 is 0 Å². The smallest absolute Gasteiger partial charge is 0.410 e. The van der Waals surface area contributed by atoms with Gasteiger partial charge in [-0.3, -0.25) is 4.79 Å². The molecule has 1 aliphatic heterocycles. The van der Waals surface area contributed by atoms with Crippen LogP contribution in [0, 0.1) is 0 Å². The van der Waals surface area contributed by atoms with E-state index in [1.165, 1.54) is 11.3 Å². The number of fused-ring (bicyclic) bond motifs is 3. The van der Waals surface area contributed by atoms with Crippen molar-refractivity contribution in [2.75, 3.05) is 13.1 Å². The summed E-state index contributed by atoms with van der Waals surface area (Å²) in [5.41, 5.74) is 10.5. The summed E-state index contributed by atoms with van der Waals surface area (Å²) < 4.78 is 5.55. The third-order valence-corrected chi connectivity index (χ3v) is 5.51. The van der Waals surface area contributed by atoms with Gasteiger partial charge in [-0.2, -0.15) is 0 Å². The molecule has 0 radical (unpaired) electrons. The van der Waals surface area contributed by atoms with Crippen LogP contribution in [0.25, 0.3) is 16.5 Å². The summed E-state index contributed by atoms with van der Waals surface area (Å²) in [5, 5.41) is 1.03. The van der Waals surface area contributed by atoms with E-state index in [2.05, 4.69) is 16.0 Å². The zero-order chi connectivity index (χ0) is 20.8. The number of ether oxygens (including phenoxy) is 1. The van der Waals surface area contributed by atoms with Crippen molar-refractivity contribution in [3.05, 3.63) is 34.8 Å². The van der Waals surface area contributed by atoms with Crippen molar-refractivity contribution in [3.63, 3.8) is 0 Å². The number of carbonyl (C=O) groups is 2. The minimum Gasteiger partial charge on any atom is -0.444 e. The van der Waals surface area contributed by atoms with Crippen molar-refractivity contribution < 1.29 is 14.3 Å².